The van der Waals surface area contributed by atoms with Gasteiger partial charge < -0.3 is 5.32 Å². The molecule has 5 heteroatoms. The first-order chi connectivity index (χ1) is 9.03. The van der Waals surface area contributed by atoms with Gasteiger partial charge in [0, 0.05) is 6.04 Å². The summed E-state index contributed by atoms with van der Waals surface area (Å²) in [5.74, 6) is 0.00340. The highest BCUT2D eigenvalue weighted by Crippen LogP contribution is 2.23. The van der Waals surface area contributed by atoms with Gasteiger partial charge in [-0.05, 0) is 18.4 Å². The van der Waals surface area contributed by atoms with Crippen LogP contribution in [0.5, 0.6) is 0 Å². The molecule has 1 N–H and O–H groups in total. The van der Waals surface area contributed by atoms with Crippen LogP contribution in [0.3, 0.4) is 0 Å². The molecule has 0 unspecified atom stereocenters. The summed E-state index contributed by atoms with van der Waals surface area (Å²) in [6, 6.07) is 3.09. The average molecular weight is 284 g/mol. The first-order valence-corrected chi connectivity index (χ1v) is 6.93. The standard InChI is InChI=1S/C14H19ClFN3/c1-4-6-12(9(3)5-2)18-14-11(16)7-10(8-17)13(15)19-14/h7,9,12H,4-6H2,1-3H3,(H,18,19)/t9-,12+/m0/s1. The van der Waals surface area contributed by atoms with Crippen LogP contribution in [0.2, 0.25) is 5.15 Å². The summed E-state index contributed by atoms with van der Waals surface area (Å²) in [6.07, 6.45) is 2.95. The lowest BCUT2D eigenvalue weighted by atomic mass is 9.95. The predicted molar refractivity (Wildman–Crippen MR) is 75.7 cm³/mol. The summed E-state index contributed by atoms with van der Waals surface area (Å²) in [7, 11) is 0. The molecule has 1 heterocycles. The number of pyridine rings is 1. The number of hydrogen-bond donors (Lipinski definition) is 1. The maximum Gasteiger partial charge on any atom is 0.166 e. The third-order valence-corrected chi connectivity index (χ3v) is 3.59. The van der Waals surface area contributed by atoms with E-state index >= 15 is 0 Å². The lowest BCUT2D eigenvalue weighted by molar-refractivity contribution is 0.438. The minimum atomic E-state index is -0.537. The Balaban J connectivity index is 2.97. The van der Waals surface area contributed by atoms with Crippen LogP contribution in [0, 0.1) is 23.1 Å². The van der Waals surface area contributed by atoms with Crippen LogP contribution in [0.15, 0.2) is 6.07 Å². The monoisotopic (exact) mass is 283 g/mol. The van der Waals surface area contributed by atoms with E-state index in [1.165, 1.54) is 0 Å². The number of anilines is 1. The van der Waals surface area contributed by atoms with Crippen molar-refractivity contribution >= 4 is 17.4 Å². The molecule has 0 bridgehead atoms. The molecule has 0 aliphatic heterocycles. The summed E-state index contributed by atoms with van der Waals surface area (Å²) in [4.78, 5) is 3.94. The molecule has 0 spiro atoms. The van der Waals surface area contributed by atoms with Crippen LogP contribution in [0.4, 0.5) is 10.2 Å². The summed E-state index contributed by atoms with van der Waals surface area (Å²) < 4.78 is 13.9. The van der Waals surface area contributed by atoms with Gasteiger partial charge in [0.25, 0.3) is 0 Å². The molecule has 0 fully saturated rings. The van der Waals surface area contributed by atoms with E-state index in [4.69, 9.17) is 16.9 Å². The molecule has 0 radical (unpaired) electrons. The first-order valence-electron chi connectivity index (χ1n) is 6.56. The Labute approximate surface area is 118 Å². The topological polar surface area (TPSA) is 48.7 Å². The van der Waals surface area contributed by atoms with E-state index in [-0.39, 0.29) is 22.6 Å². The number of nitrogens with zero attached hydrogens (tertiary/aromatic N) is 2. The quantitative estimate of drug-likeness (QED) is 0.789. The van der Waals surface area contributed by atoms with Crippen molar-refractivity contribution < 1.29 is 4.39 Å². The number of nitriles is 1. The number of hydrogen-bond acceptors (Lipinski definition) is 3. The van der Waals surface area contributed by atoms with E-state index < -0.39 is 5.82 Å². The Morgan fingerprint density at radius 1 is 1.53 bits per heavy atom. The second-order valence-electron chi connectivity index (χ2n) is 4.69. The molecule has 0 saturated heterocycles. The van der Waals surface area contributed by atoms with Crippen LogP contribution in [-0.2, 0) is 0 Å². The molecule has 2 atom stereocenters. The Morgan fingerprint density at radius 3 is 2.74 bits per heavy atom. The molecule has 0 saturated carbocycles. The van der Waals surface area contributed by atoms with Crippen molar-refractivity contribution in [3.8, 4) is 6.07 Å². The fraction of sp³-hybridized carbons (Fsp3) is 0.571. The van der Waals surface area contributed by atoms with E-state index in [2.05, 4.69) is 31.1 Å². The molecule has 0 aliphatic rings. The van der Waals surface area contributed by atoms with E-state index in [1.807, 2.05) is 6.07 Å². The SMILES string of the molecule is CCC[C@@H](Nc1nc(Cl)c(C#N)cc1F)[C@@H](C)CC. The van der Waals surface area contributed by atoms with E-state index in [1.54, 1.807) is 0 Å². The van der Waals surface area contributed by atoms with Gasteiger partial charge in [-0.15, -0.1) is 0 Å². The van der Waals surface area contributed by atoms with Gasteiger partial charge in [-0.1, -0.05) is 45.2 Å². The normalized spacial score (nSPS) is 13.7. The first kappa shape index (κ1) is 15.7. The summed E-state index contributed by atoms with van der Waals surface area (Å²) in [5, 5.41) is 11.9. The van der Waals surface area contributed by atoms with Gasteiger partial charge in [-0.2, -0.15) is 5.26 Å². The lowest BCUT2D eigenvalue weighted by Crippen LogP contribution is -2.28. The average Bonchev–Trinajstić information content (AvgIpc) is 2.40. The van der Waals surface area contributed by atoms with Gasteiger partial charge in [-0.3, -0.25) is 0 Å². The largest absolute Gasteiger partial charge is 0.365 e. The van der Waals surface area contributed by atoms with Crippen molar-refractivity contribution in [3.05, 3.63) is 22.6 Å². The van der Waals surface area contributed by atoms with Crippen LogP contribution in [0.1, 0.15) is 45.6 Å². The Hall–Kier alpha value is -1.34. The van der Waals surface area contributed by atoms with Crippen molar-refractivity contribution in [1.29, 1.82) is 5.26 Å². The molecule has 1 aromatic heterocycles. The highest BCUT2D eigenvalue weighted by molar-refractivity contribution is 6.30. The molecule has 1 rings (SSSR count). The van der Waals surface area contributed by atoms with Crippen LogP contribution < -0.4 is 5.32 Å². The Kier molecular flexibility index (Phi) is 6.04. The highest BCUT2D eigenvalue weighted by atomic mass is 35.5. The third kappa shape index (κ3) is 4.07. The molecule has 1 aromatic rings. The smallest absolute Gasteiger partial charge is 0.166 e. The Bertz CT molecular complexity index is 470. The second-order valence-corrected chi connectivity index (χ2v) is 5.05. The fourth-order valence-electron chi connectivity index (χ4n) is 1.92. The molecule has 3 nitrogen and oxygen atoms in total. The van der Waals surface area contributed by atoms with Crippen molar-refractivity contribution in [2.24, 2.45) is 5.92 Å². The zero-order chi connectivity index (χ0) is 14.4. The predicted octanol–water partition coefficient (Wildman–Crippen LogP) is 4.37. The second kappa shape index (κ2) is 7.30. The summed E-state index contributed by atoms with van der Waals surface area (Å²) in [5.41, 5.74) is 0.0558. The number of aromatic nitrogens is 1. The van der Waals surface area contributed by atoms with Gasteiger partial charge >= 0.3 is 0 Å². The number of rotatable bonds is 6. The van der Waals surface area contributed by atoms with Crippen molar-refractivity contribution in [1.82, 2.24) is 4.98 Å². The van der Waals surface area contributed by atoms with Crippen molar-refractivity contribution in [2.45, 2.75) is 46.1 Å². The Morgan fingerprint density at radius 2 is 2.21 bits per heavy atom. The van der Waals surface area contributed by atoms with Crippen LogP contribution in [-0.4, -0.2) is 11.0 Å². The zero-order valence-corrected chi connectivity index (χ0v) is 12.3. The van der Waals surface area contributed by atoms with Gasteiger partial charge in [0.2, 0.25) is 0 Å². The molecule has 0 aliphatic carbocycles. The maximum atomic E-state index is 13.9. The van der Waals surface area contributed by atoms with Gasteiger partial charge in [0.1, 0.15) is 11.2 Å². The molecule has 0 amide bonds. The summed E-state index contributed by atoms with van der Waals surface area (Å²) >= 11 is 5.84. The highest BCUT2D eigenvalue weighted by Gasteiger charge is 2.18. The van der Waals surface area contributed by atoms with Gasteiger partial charge in [0.05, 0.1) is 5.56 Å². The van der Waals surface area contributed by atoms with Crippen LogP contribution >= 0.6 is 11.6 Å². The zero-order valence-electron chi connectivity index (χ0n) is 11.5. The van der Waals surface area contributed by atoms with Crippen molar-refractivity contribution in [2.75, 3.05) is 5.32 Å². The maximum absolute atomic E-state index is 13.9. The number of halogens is 2. The minimum absolute atomic E-state index is 0.0331. The minimum Gasteiger partial charge on any atom is -0.365 e. The molecule has 104 valence electrons. The lowest BCUT2D eigenvalue weighted by Gasteiger charge is -2.24. The molecule has 19 heavy (non-hydrogen) atoms. The third-order valence-electron chi connectivity index (χ3n) is 3.30. The van der Waals surface area contributed by atoms with E-state index in [0.717, 1.165) is 25.3 Å². The van der Waals surface area contributed by atoms with Gasteiger partial charge in [0.15, 0.2) is 11.6 Å². The van der Waals surface area contributed by atoms with E-state index in [9.17, 15) is 4.39 Å². The van der Waals surface area contributed by atoms with Gasteiger partial charge in [-0.25, -0.2) is 9.37 Å². The number of nitrogens with one attached hydrogen (secondary N) is 1. The molecular formula is C14H19ClFN3. The molecular weight excluding hydrogens is 265 g/mol. The molecule has 0 aromatic carbocycles. The van der Waals surface area contributed by atoms with E-state index in [0.29, 0.717) is 5.92 Å². The summed E-state index contributed by atoms with van der Waals surface area (Å²) in [6.45, 7) is 6.31. The van der Waals surface area contributed by atoms with Crippen LogP contribution in [0.25, 0.3) is 0 Å². The van der Waals surface area contributed by atoms with Crippen molar-refractivity contribution in [3.63, 3.8) is 0 Å². The fourth-order valence-corrected chi connectivity index (χ4v) is 2.10.